The molecule has 0 saturated carbocycles. The molecular formula is C17H15ClN4OS. The molecule has 0 spiro atoms. The Labute approximate surface area is 148 Å². The molecule has 2 heterocycles. The van der Waals surface area contributed by atoms with Crippen molar-refractivity contribution in [2.45, 2.75) is 12.5 Å². The Morgan fingerprint density at radius 2 is 2.00 bits per heavy atom. The van der Waals surface area contributed by atoms with Crippen LogP contribution in [0.4, 0.5) is 5.13 Å². The third kappa shape index (κ3) is 3.97. The maximum atomic E-state index is 12.3. The summed E-state index contributed by atoms with van der Waals surface area (Å²) in [7, 11) is 0. The van der Waals surface area contributed by atoms with Crippen LogP contribution in [-0.4, -0.2) is 21.9 Å². The molecule has 0 bridgehead atoms. The molecule has 3 aromatic rings. The Morgan fingerprint density at radius 1 is 1.25 bits per heavy atom. The highest BCUT2D eigenvalue weighted by molar-refractivity contribution is 7.14. The van der Waals surface area contributed by atoms with Gasteiger partial charge >= 0.3 is 0 Å². The standard InChI is InChI=1S/C17H15ClN4OS/c18-13-4-2-1-3-12(13)9-14(19)16(23)22-17-21-15(10-24-17)11-5-7-20-8-6-11/h1-8,10,14H,9,19H2,(H,21,22,23). The molecule has 3 rings (SSSR count). The largest absolute Gasteiger partial charge is 0.320 e. The predicted octanol–water partition coefficient (Wildman–Crippen LogP) is 3.37. The van der Waals surface area contributed by atoms with Crippen molar-refractivity contribution in [1.29, 1.82) is 0 Å². The molecule has 122 valence electrons. The van der Waals surface area contributed by atoms with Gasteiger partial charge in [0.1, 0.15) is 0 Å². The van der Waals surface area contributed by atoms with Crippen LogP contribution in [0.1, 0.15) is 5.56 Å². The molecule has 1 aromatic carbocycles. The summed E-state index contributed by atoms with van der Waals surface area (Å²) in [5.74, 6) is -0.287. The van der Waals surface area contributed by atoms with E-state index in [2.05, 4.69) is 15.3 Å². The summed E-state index contributed by atoms with van der Waals surface area (Å²) < 4.78 is 0. The highest BCUT2D eigenvalue weighted by atomic mass is 35.5. The fourth-order valence-electron chi connectivity index (χ4n) is 2.18. The van der Waals surface area contributed by atoms with E-state index in [4.69, 9.17) is 17.3 Å². The van der Waals surface area contributed by atoms with Crippen LogP contribution in [0, 0.1) is 0 Å². The first-order valence-electron chi connectivity index (χ1n) is 7.29. The average molecular weight is 359 g/mol. The van der Waals surface area contributed by atoms with E-state index in [0.717, 1.165) is 16.8 Å². The number of hydrogen-bond acceptors (Lipinski definition) is 5. The summed E-state index contributed by atoms with van der Waals surface area (Å²) in [6.07, 6.45) is 3.77. The smallest absolute Gasteiger partial charge is 0.243 e. The van der Waals surface area contributed by atoms with Gasteiger partial charge in [-0.15, -0.1) is 11.3 Å². The number of pyridine rings is 1. The van der Waals surface area contributed by atoms with E-state index in [0.29, 0.717) is 16.6 Å². The number of anilines is 1. The van der Waals surface area contributed by atoms with Crippen molar-refractivity contribution < 1.29 is 4.79 Å². The number of carbonyl (C=O) groups is 1. The molecule has 1 unspecified atom stereocenters. The number of hydrogen-bond donors (Lipinski definition) is 2. The molecule has 1 atom stereocenters. The SMILES string of the molecule is NC(Cc1ccccc1Cl)C(=O)Nc1nc(-c2ccncc2)cs1. The van der Waals surface area contributed by atoms with Crippen LogP contribution in [-0.2, 0) is 11.2 Å². The molecule has 2 aromatic heterocycles. The number of benzene rings is 1. The lowest BCUT2D eigenvalue weighted by Crippen LogP contribution is -2.37. The summed E-state index contributed by atoms with van der Waals surface area (Å²) >= 11 is 7.46. The van der Waals surface area contributed by atoms with Crippen LogP contribution in [0.25, 0.3) is 11.3 Å². The maximum absolute atomic E-state index is 12.3. The van der Waals surface area contributed by atoms with Crippen molar-refractivity contribution in [3.8, 4) is 11.3 Å². The molecule has 7 heteroatoms. The fourth-order valence-corrected chi connectivity index (χ4v) is 3.11. The Hall–Kier alpha value is -2.28. The molecule has 0 fully saturated rings. The van der Waals surface area contributed by atoms with Crippen LogP contribution >= 0.6 is 22.9 Å². The highest BCUT2D eigenvalue weighted by Crippen LogP contribution is 2.24. The average Bonchev–Trinajstić information content (AvgIpc) is 3.06. The molecule has 0 aliphatic carbocycles. The van der Waals surface area contributed by atoms with Gasteiger partial charge in [-0.3, -0.25) is 9.78 Å². The Bertz CT molecular complexity index is 837. The van der Waals surface area contributed by atoms with Crippen LogP contribution in [0.5, 0.6) is 0 Å². The zero-order valence-electron chi connectivity index (χ0n) is 12.6. The number of rotatable bonds is 5. The number of nitrogens with zero attached hydrogens (tertiary/aromatic N) is 2. The molecule has 0 radical (unpaired) electrons. The second-order valence-corrected chi connectivity index (χ2v) is 6.43. The molecular weight excluding hydrogens is 344 g/mol. The minimum atomic E-state index is -0.696. The minimum Gasteiger partial charge on any atom is -0.320 e. The van der Waals surface area contributed by atoms with Crippen LogP contribution in [0.15, 0.2) is 54.2 Å². The van der Waals surface area contributed by atoms with Gasteiger partial charge in [-0.25, -0.2) is 4.98 Å². The lowest BCUT2D eigenvalue weighted by molar-refractivity contribution is -0.117. The quantitative estimate of drug-likeness (QED) is 0.732. The van der Waals surface area contributed by atoms with Gasteiger partial charge in [0.2, 0.25) is 5.91 Å². The van der Waals surface area contributed by atoms with Crippen molar-refractivity contribution in [3.63, 3.8) is 0 Å². The van der Waals surface area contributed by atoms with Gasteiger partial charge in [0.15, 0.2) is 5.13 Å². The fraction of sp³-hybridized carbons (Fsp3) is 0.118. The van der Waals surface area contributed by atoms with Gasteiger partial charge in [0.25, 0.3) is 0 Å². The summed E-state index contributed by atoms with van der Waals surface area (Å²) in [4.78, 5) is 20.6. The van der Waals surface area contributed by atoms with E-state index in [1.54, 1.807) is 18.5 Å². The van der Waals surface area contributed by atoms with Gasteiger partial charge in [-0.2, -0.15) is 0 Å². The normalized spacial score (nSPS) is 11.9. The minimum absolute atomic E-state index is 0.287. The van der Waals surface area contributed by atoms with E-state index in [9.17, 15) is 4.79 Å². The molecule has 24 heavy (non-hydrogen) atoms. The highest BCUT2D eigenvalue weighted by Gasteiger charge is 2.17. The number of carbonyl (C=O) groups excluding carboxylic acids is 1. The van der Waals surface area contributed by atoms with Crippen molar-refractivity contribution in [2.75, 3.05) is 5.32 Å². The third-order valence-corrected chi connectivity index (χ3v) is 4.57. The Kier molecular flexibility index (Phi) is 5.20. The first-order chi connectivity index (χ1) is 11.6. The van der Waals surface area contributed by atoms with Crippen LogP contribution in [0.3, 0.4) is 0 Å². The van der Waals surface area contributed by atoms with E-state index in [1.165, 1.54) is 11.3 Å². The van der Waals surface area contributed by atoms with Gasteiger partial charge < -0.3 is 11.1 Å². The summed E-state index contributed by atoms with van der Waals surface area (Å²) in [5, 5.41) is 5.76. The van der Waals surface area contributed by atoms with E-state index in [-0.39, 0.29) is 5.91 Å². The summed E-state index contributed by atoms with van der Waals surface area (Å²) in [6, 6.07) is 10.4. The topological polar surface area (TPSA) is 80.9 Å². The molecule has 0 aliphatic rings. The second kappa shape index (κ2) is 7.53. The first-order valence-corrected chi connectivity index (χ1v) is 8.55. The van der Waals surface area contributed by atoms with E-state index >= 15 is 0 Å². The van der Waals surface area contributed by atoms with Gasteiger partial charge in [-0.05, 0) is 30.2 Å². The zero-order chi connectivity index (χ0) is 16.9. The second-order valence-electron chi connectivity index (χ2n) is 5.17. The summed E-state index contributed by atoms with van der Waals surface area (Å²) in [6.45, 7) is 0. The van der Waals surface area contributed by atoms with Crippen LogP contribution in [0.2, 0.25) is 5.02 Å². The number of nitrogens with one attached hydrogen (secondary N) is 1. The van der Waals surface area contributed by atoms with Gasteiger partial charge in [-0.1, -0.05) is 29.8 Å². The van der Waals surface area contributed by atoms with E-state index < -0.39 is 6.04 Å². The number of amides is 1. The third-order valence-electron chi connectivity index (χ3n) is 3.44. The number of thiazole rings is 1. The Balaban J connectivity index is 1.65. The number of halogens is 1. The van der Waals surface area contributed by atoms with Crippen molar-refractivity contribution >= 4 is 34.0 Å². The lowest BCUT2D eigenvalue weighted by Gasteiger charge is -2.11. The molecule has 0 saturated heterocycles. The van der Waals surface area contributed by atoms with E-state index in [1.807, 2.05) is 35.7 Å². The number of aromatic nitrogens is 2. The summed E-state index contributed by atoms with van der Waals surface area (Å²) in [5.41, 5.74) is 8.56. The zero-order valence-corrected chi connectivity index (χ0v) is 14.2. The molecule has 3 N–H and O–H groups in total. The Morgan fingerprint density at radius 3 is 2.75 bits per heavy atom. The monoisotopic (exact) mass is 358 g/mol. The van der Waals surface area contributed by atoms with Gasteiger partial charge in [0, 0.05) is 28.4 Å². The van der Waals surface area contributed by atoms with Crippen LogP contribution < -0.4 is 11.1 Å². The van der Waals surface area contributed by atoms with Crippen molar-refractivity contribution in [3.05, 3.63) is 64.8 Å². The van der Waals surface area contributed by atoms with Crippen molar-refractivity contribution in [2.24, 2.45) is 5.73 Å². The lowest BCUT2D eigenvalue weighted by atomic mass is 10.1. The van der Waals surface area contributed by atoms with Gasteiger partial charge in [0.05, 0.1) is 11.7 Å². The molecule has 5 nitrogen and oxygen atoms in total. The maximum Gasteiger partial charge on any atom is 0.243 e. The molecule has 0 aliphatic heterocycles. The molecule has 1 amide bonds. The number of nitrogens with two attached hydrogens (primary N) is 1. The first kappa shape index (κ1) is 16.6. The van der Waals surface area contributed by atoms with Crippen molar-refractivity contribution in [1.82, 2.24) is 9.97 Å². The predicted molar refractivity (Wildman–Crippen MR) is 97.1 cm³/mol.